The Balaban J connectivity index is 2.62. The molecule has 114 valence electrons. The largest absolute Gasteiger partial charge is 0.480 e. The molecule has 0 aromatic heterocycles. The molecular weight excluding hydrogens is 288 g/mol. The lowest BCUT2D eigenvalue weighted by atomic mass is 10.1. The second kappa shape index (κ2) is 7.17. The summed E-state index contributed by atoms with van der Waals surface area (Å²) >= 11 is 0. The Morgan fingerprint density at radius 1 is 1.24 bits per heavy atom. The summed E-state index contributed by atoms with van der Waals surface area (Å²) in [6.07, 6.45) is -0.404. The lowest BCUT2D eigenvalue weighted by Crippen LogP contribution is -2.43. The van der Waals surface area contributed by atoms with Crippen molar-refractivity contribution in [2.75, 3.05) is 5.32 Å². The van der Waals surface area contributed by atoms with Crippen LogP contribution >= 0.6 is 0 Å². The van der Waals surface area contributed by atoms with E-state index in [0.29, 0.717) is 0 Å². The maximum atomic E-state index is 12.9. The highest BCUT2D eigenvalue weighted by Gasteiger charge is 2.20. The third-order valence-corrected chi connectivity index (χ3v) is 2.46. The number of rotatable bonds is 6. The van der Waals surface area contributed by atoms with Gasteiger partial charge < -0.3 is 21.5 Å². The monoisotopic (exact) mass is 301 g/mol. The van der Waals surface area contributed by atoms with Crippen molar-refractivity contribution in [3.8, 4) is 0 Å². The molecule has 0 spiro atoms. The van der Waals surface area contributed by atoms with Gasteiger partial charge in [-0.2, -0.15) is 0 Å². The number of amides is 3. The zero-order chi connectivity index (χ0) is 16.0. The SMILES string of the molecule is NC(=O)CCC(NC(=O)Nc1ccc(F)c(F)c1)C(=O)O. The van der Waals surface area contributed by atoms with Gasteiger partial charge in [-0.3, -0.25) is 4.79 Å². The number of nitrogens with two attached hydrogens (primary N) is 1. The van der Waals surface area contributed by atoms with Gasteiger partial charge in [0.15, 0.2) is 11.6 Å². The van der Waals surface area contributed by atoms with Crippen LogP contribution in [-0.4, -0.2) is 29.1 Å². The van der Waals surface area contributed by atoms with Gasteiger partial charge in [0.1, 0.15) is 6.04 Å². The number of carbonyl (C=O) groups excluding carboxylic acids is 2. The van der Waals surface area contributed by atoms with Crippen molar-refractivity contribution < 1.29 is 28.3 Å². The topological polar surface area (TPSA) is 122 Å². The molecule has 0 fully saturated rings. The molecule has 0 saturated carbocycles. The molecule has 1 aromatic rings. The van der Waals surface area contributed by atoms with Crippen LogP contribution in [0, 0.1) is 11.6 Å². The van der Waals surface area contributed by atoms with E-state index in [4.69, 9.17) is 10.8 Å². The highest BCUT2D eigenvalue weighted by molar-refractivity contribution is 5.92. The van der Waals surface area contributed by atoms with Gasteiger partial charge in [-0.25, -0.2) is 18.4 Å². The van der Waals surface area contributed by atoms with Crippen molar-refractivity contribution in [1.82, 2.24) is 5.32 Å². The molecule has 1 unspecified atom stereocenters. The fraction of sp³-hybridized carbons (Fsp3) is 0.250. The Morgan fingerprint density at radius 2 is 1.90 bits per heavy atom. The van der Waals surface area contributed by atoms with E-state index in [0.717, 1.165) is 18.2 Å². The van der Waals surface area contributed by atoms with E-state index in [2.05, 4.69) is 10.6 Å². The van der Waals surface area contributed by atoms with Crippen LogP contribution < -0.4 is 16.4 Å². The number of anilines is 1. The summed E-state index contributed by atoms with van der Waals surface area (Å²) in [6, 6.07) is 0.401. The van der Waals surface area contributed by atoms with Crippen LogP contribution in [0.4, 0.5) is 19.3 Å². The predicted octanol–water partition coefficient (Wildman–Crippen LogP) is 0.805. The average Bonchev–Trinajstić information content (AvgIpc) is 2.38. The second-order valence-corrected chi connectivity index (χ2v) is 4.12. The third kappa shape index (κ3) is 5.43. The van der Waals surface area contributed by atoms with E-state index >= 15 is 0 Å². The van der Waals surface area contributed by atoms with Crippen LogP contribution in [0.5, 0.6) is 0 Å². The maximum absolute atomic E-state index is 12.9. The minimum atomic E-state index is -1.35. The molecule has 0 bridgehead atoms. The molecule has 0 heterocycles. The van der Waals surface area contributed by atoms with E-state index < -0.39 is 35.6 Å². The molecule has 0 aliphatic heterocycles. The summed E-state index contributed by atoms with van der Waals surface area (Å²) in [5.74, 6) is -4.29. The van der Waals surface area contributed by atoms with Gasteiger partial charge in [0, 0.05) is 18.2 Å². The molecule has 0 aliphatic rings. The third-order valence-electron chi connectivity index (χ3n) is 2.46. The van der Waals surface area contributed by atoms with Crippen LogP contribution in [-0.2, 0) is 9.59 Å². The van der Waals surface area contributed by atoms with Crippen molar-refractivity contribution in [3.05, 3.63) is 29.8 Å². The lowest BCUT2D eigenvalue weighted by Gasteiger charge is -2.14. The van der Waals surface area contributed by atoms with Crippen molar-refractivity contribution in [3.63, 3.8) is 0 Å². The Kier molecular flexibility index (Phi) is 5.58. The first-order chi connectivity index (χ1) is 9.79. The van der Waals surface area contributed by atoms with E-state index in [1.807, 2.05) is 0 Å². The number of hydrogen-bond donors (Lipinski definition) is 4. The molecular formula is C12H13F2N3O4. The Labute approximate surface area is 118 Å². The normalized spacial score (nSPS) is 11.5. The fourth-order valence-corrected chi connectivity index (χ4v) is 1.44. The zero-order valence-corrected chi connectivity index (χ0v) is 10.7. The number of carboxylic acids is 1. The summed E-state index contributed by atoms with van der Waals surface area (Å²) < 4.78 is 25.6. The second-order valence-electron chi connectivity index (χ2n) is 4.12. The van der Waals surface area contributed by atoms with E-state index in [1.165, 1.54) is 0 Å². The molecule has 1 atom stereocenters. The molecule has 1 rings (SSSR count). The molecule has 0 radical (unpaired) electrons. The average molecular weight is 301 g/mol. The summed E-state index contributed by atoms with van der Waals surface area (Å²) in [5, 5.41) is 13.1. The zero-order valence-electron chi connectivity index (χ0n) is 10.7. The van der Waals surface area contributed by atoms with Gasteiger partial charge >= 0.3 is 12.0 Å². The van der Waals surface area contributed by atoms with E-state index in [9.17, 15) is 23.2 Å². The van der Waals surface area contributed by atoms with Crippen molar-refractivity contribution in [2.24, 2.45) is 5.73 Å². The van der Waals surface area contributed by atoms with Gasteiger partial charge in [0.2, 0.25) is 5.91 Å². The van der Waals surface area contributed by atoms with Gasteiger partial charge in [0.05, 0.1) is 0 Å². The van der Waals surface area contributed by atoms with Crippen molar-refractivity contribution in [2.45, 2.75) is 18.9 Å². The minimum absolute atomic E-state index is 0.0505. The van der Waals surface area contributed by atoms with Gasteiger partial charge in [-0.05, 0) is 18.6 Å². The molecule has 21 heavy (non-hydrogen) atoms. The molecule has 9 heteroatoms. The maximum Gasteiger partial charge on any atom is 0.326 e. The summed E-state index contributed by atoms with van der Waals surface area (Å²) in [4.78, 5) is 33.0. The van der Waals surface area contributed by atoms with E-state index in [-0.39, 0.29) is 18.5 Å². The number of benzene rings is 1. The number of aliphatic carboxylic acids is 1. The molecule has 0 saturated heterocycles. The molecule has 1 aromatic carbocycles. The number of carbonyl (C=O) groups is 3. The van der Waals surface area contributed by atoms with Gasteiger partial charge in [-0.15, -0.1) is 0 Å². The quantitative estimate of drug-likeness (QED) is 0.621. The summed E-state index contributed by atoms with van der Waals surface area (Å²) in [5.41, 5.74) is 4.84. The van der Waals surface area contributed by atoms with Gasteiger partial charge in [0.25, 0.3) is 0 Å². The number of urea groups is 1. The number of hydrogen-bond acceptors (Lipinski definition) is 3. The van der Waals surface area contributed by atoms with E-state index in [1.54, 1.807) is 0 Å². The Morgan fingerprint density at radius 3 is 2.43 bits per heavy atom. The van der Waals surface area contributed by atoms with Crippen LogP contribution in [0.3, 0.4) is 0 Å². The number of primary amides is 1. The van der Waals surface area contributed by atoms with Crippen molar-refractivity contribution >= 4 is 23.6 Å². The van der Waals surface area contributed by atoms with Crippen LogP contribution in [0.15, 0.2) is 18.2 Å². The number of nitrogens with one attached hydrogen (secondary N) is 2. The van der Waals surface area contributed by atoms with Crippen LogP contribution in [0.1, 0.15) is 12.8 Å². The fourth-order valence-electron chi connectivity index (χ4n) is 1.44. The first kappa shape index (κ1) is 16.3. The Hall–Kier alpha value is -2.71. The summed E-state index contributed by atoms with van der Waals surface area (Å²) in [7, 11) is 0. The molecule has 5 N–H and O–H groups in total. The number of halogens is 2. The van der Waals surface area contributed by atoms with Crippen molar-refractivity contribution in [1.29, 1.82) is 0 Å². The smallest absolute Gasteiger partial charge is 0.326 e. The summed E-state index contributed by atoms with van der Waals surface area (Å²) in [6.45, 7) is 0. The lowest BCUT2D eigenvalue weighted by molar-refractivity contribution is -0.139. The predicted molar refractivity (Wildman–Crippen MR) is 68.4 cm³/mol. The minimum Gasteiger partial charge on any atom is -0.480 e. The molecule has 7 nitrogen and oxygen atoms in total. The van der Waals surface area contributed by atoms with Crippen LogP contribution in [0.25, 0.3) is 0 Å². The molecule has 3 amide bonds. The van der Waals surface area contributed by atoms with Gasteiger partial charge in [-0.1, -0.05) is 0 Å². The Bertz CT molecular complexity index is 565. The first-order valence-electron chi connectivity index (χ1n) is 5.83. The van der Waals surface area contributed by atoms with Crippen LogP contribution in [0.2, 0.25) is 0 Å². The highest BCUT2D eigenvalue weighted by atomic mass is 19.2. The number of carboxylic acid groups (broad SMARTS) is 1. The molecule has 0 aliphatic carbocycles. The first-order valence-corrected chi connectivity index (χ1v) is 5.83. The standard InChI is InChI=1S/C12H13F2N3O4/c13-7-2-1-6(5-8(7)14)16-12(21)17-9(11(19)20)3-4-10(15)18/h1-2,5,9H,3-4H2,(H2,15,18)(H,19,20)(H2,16,17,21). The highest BCUT2D eigenvalue weighted by Crippen LogP contribution is 2.13.